The number of nitrogens with two attached hydrogens (primary N) is 1. The Kier molecular flexibility index (Phi) is 2.91. The first-order valence-electron chi connectivity index (χ1n) is 3.36. The van der Waals surface area contributed by atoms with Gasteiger partial charge in [0, 0.05) is 4.47 Å². The lowest BCUT2D eigenvalue weighted by Gasteiger charge is -2.08. The Morgan fingerprint density at radius 1 is 1.36 bits per heavy atom. The molecule has 0 saturated heterocycles. The maximum atomic E-state index is 5.43. The van der Waals surface area contributed by atoms with E-state index < -0.39 is 0 Å². The van der Waals surface area contributed by atoms with E-state index in [0.717, 1.165) is 10.2 Å². The fraction of sp³-hybridized carbons (Fsp3) is 0.250. The third-order valence-electron chi connectivity index (χ3n) is 1.14. The van der Waals surface area contributed by atoms with Crippen LogP contribution in [0.3, 0.4) is 0 Å². The normalized spacial score (nSPS) is 12.6. The molecule has 0 fully saturated rings. The van der Waals surface area contributed by atoms with Crippen molar-refractivity contribution in [2.75, 3.05) is 0 Å². The van der Waals surface area contributed by atoms with Gasteiger partial charge in [-0.25, -0.2) is 0 Å². The molecule has 0 aliphatic carbocycles. The van der Waals surface area contributed by atoms with Gasteiger partial charge in [-0.15, -0.1) is 0 Å². The number of hydrogen-bond acceptors (Lipinski definition) is 2. The summed E-state index contributed by atoms with van der Waals surface area (Å²) >= 11 is 3.32. The smallest absolute Gasteiger partial charge is 0.144 e. The molecule has 2 nitrogen and oxygen atoms in total. The first-order valence-corrected chi connectivity index (χ1v) is 4.15. The molecular weight excluding hydrogens is 206 g/mol. The maximum Gasteiger partial charge on any atom is 0.144 e. The lowest BCUT2D eigenvalue weighted by molar-refractivity contribution is 0.230. The van der Waals surface area contributed by atoms with E-state index in [-0.39, 0.29) is 6.23 Å². The van der Waals surface area contributed by atoms with Crippen LogP contribution in [0.15, 0.2) is 28.7 Å². The Labute approximate surface area is 74.5 Å². The predicted octanol–water partition coefficient (Wildman–Crippen LogP) is 2.13. The van der Waals surface area contributed by atoms with Gasteiger partial charge in [-0.3, -0.25) is 5.73 Å². The average Bonchev–Trinajstić information content (AvgIpc) is 1.93. The van der Waals surface area contributed by atoms with Crippen molar-refractivity contribution in [3.63, 3.8) is 0 Å². The third-order valence-corrected chi connectivity index (χ3v) is 1.66. The summed E-state index contributed by atoms with van der Waals surface area (Å²) in [6.45, 7) is 1.79. The lowest BCUT2D eigenvalue weighted by Crippen LogP contribution is -2.22. The van der Waals surface area contributed by atoms with E-state index in [0.29, 0.717) is 0 Å². The number of halogens is 1. The van der Waals surface area contributed by atoms with Crippen molar-refractivity contribution in [1.29, 1.82) is 0 Å². The molecule has 2 N–H and O–H groups in total. The van der Waals surface area contributed by atoms with E-state index in [2.05, 4.69) is 15.9 Å². The van der Waals surface area contributed by atoms with E-state index in [4.69, 9.17) is 10.5 Å². The molecule has 0 amide bonds. The van der Waals surface area contributed by atoms with Crippen molar-refractivity contribution in [3.8, 4) is 5.75 Å². The standard InChI is InChI=1S/C8H10BrNO/c1-6(10)11-8-4-2-7(9)3-5-8/h2-6H,10H2,1H3. The van der Waals surface area contributed by atoms with E-state index in [9.17, 15) is 0 Å². The minimum atomic E-state index is -0.254. The second-order valence-corrected chi connectivity index (χ2v) is 3.19. The summed E-state index contributed by atoms with van der Waals surface area (Å²) in [7, 11) is 0. The zero-order valence-corrected chi connectivity index (χ0v) is 7.84. The molecule has 60 valence electrons. The highest BCUT2D eigenvalue weighted by molar-refractivity contribution is 9.10. The van der Waals surface area contributed by atoms with Gasteiger partial charge in [-0.05, 0) is 31.2 Å². The van der Waals surface area contributed by atoms with Crippen LogP contribution in [0.1, 0.15) is 6.92 Å². The van der Waals surface area contributed by atoms with Crippen molar-refractivity contribution in [1.82, 2.24) is 0 Å². The summed E-state index contributed by atoms with van der Waals surface area (Å²) in [5.74, 6) is 0.795. The van der Waals surface area contributed by atoms with Crippen LogP contribution in [0, 0.1) is 0 Å². The molecule has 0 saturated carbocycles. The zero-order chi connectivity index (χ0) is 8.27. The Hall–Kier alpha value is -0.540. The summed E-state index contributed by atoms with van der Waals surface area (Å²) in [5, 5.41) is 0. The predicted molar refractivity (Wildman–Crippen MR) is 48.4 cm³/mol. The first kappa shape index (κ1) is 8.56. The van der Waals surface area contributed by atoms with Crippen molar-refractivity contribution >= 4 is 15.9 Å². The first-order chi connectivity index (χ1) is 5.18. The Balaban J connectivity index is 2.66. The maximum absolute atomic E-state index is 5.43. The molecule has 0 aliphatic heterocycles. The SMILES string of the molecule is CC(N)Oc1ccc(Br)cc1. The van der Waals surface area contributed by atoms with E-state index in [1.165, 1.54) is 0 Å². The molecule has 1 rings (SSSR count). The molecule has 0 aliphatic rings. The highest BCUT2D eigenvalue weighted by Gasteiger charge is 1.95. The number of benzene rings is 1. The fourth-order valence-corrected chi connectivity index (χ4v) is 0.992. The van der Waals surface area contributed by atoms with Crippen molar-refractivity contribution in [2.24, 2.45) is 5.73 Å². The van der Waals surface area contributed by atoms with E-state index in [1.807, 2.05) is 24.3 Å². The van der Waals surface area contributed by atoms with Crippen LogP contribution >= 0.6 is 15.9 Å². The van der Waals surface area contributed by atoms with E-state index in [1.54, 1.807) is 6.92 Å². The highest BCUT2D eigenvalue weighted by atomic mass is 79.9. The second kappa shape index (κ2) is 3.74. The molecule has 1 aromatic carbocycles. The minimum absolute atomic E-state index is 0.254. The molecular formula is C8H10BrNO. The summed E-state index contributed by atoms with van der Waals surface area (Å²) in [5.41, 5.74) is 5.43. The van der Waals surface area contributed by atoms with Crippen LogP contribution in [0.5, 0.6) is 5.75 Å². The number of rotatable bonds is 2. The molecule has 1 unspecified atom stereocenters. The second-order valence-electron chi connectivity index (χ2n) is 2.28. The lowest BCUT2D eigenvalue weighted by atomic mass is 10.3. The zero-order valence-electron chi connectivity index (χ0n) is 6.25. The molecule has 0 aromatic heterocycles. The van der Waals surface area contributed by atoms with Gasteiger partial charge in [0.2, 0.25) is 0 Å². The third kappa shape index (κ3) is 2.91. The molecule has 0 bridgehead atoms. The minimum Gasteiger partial charge on any atom is -0.476 e. The molecule has 1 atom stereocenters. The van der Waals surface area contributed by atoms with Crippen LogP contribution in [0.2, 0.25) is 0 Å². The summed E-state index contributed by atoms with van der Waals surface area (Å²) in [4.78, 5) is 0. The van der Waals surface area contributed by atoms with E-state index >= 15 is 0 Å². The van der Waals surface area contributed by atoms with Gasteiger partial charge in [0.1, 0.15) is 12.0 Å². The average molecular weight is 216 g/mol. The molecule has 0 heterocycles. The van der Waals surface area contributed by atoms with Crippen LogP contribution in [0.4, 0.5) is 0 Å². The van der Waals surface area contributed by atoms with Gasteiger partial charge >= 0.3 is 0 Å². The van der Waals surface area contributed by atoms with Gasteiger partial charge in [0.25, 0.3) is 0 Å². The van der Waals surface area contributed by atoms with Crippen LogP contribution < -0.4 is 10.5 Å². The Bertz CT molecular complexity index is 220. The van der Waals surface area contributed by atoms with Crippen LogP contribution in [-0.2, 0) is 0 Å². The largest absolute Gasteiger partial charge is 0.476 e. The quantitative estimate of drug-likeness (QED) is 0.768. The highest BCUT2D eigenvalue weighted by Crippen LogP contribution is 2.16. The number of ether oxygens (including phenoxy) is 1. The summed E-state index contributed by atoms with van der Waals surface area (Å²) in [6, 6.07) is 7.57. The molecule has 0 radical (unpaired) electrons. The topological polar surface area (TPSA) is 35.2 Å². The van der Waals surface area contributed by atoms with Crippen LogP contribution in [-0.4, -0.2) is 6.23 Å². The van der Waals surface area contributed by atoms with Crippen molar-refractivity contribution < 1.29 is 4.74 Å². The Morgan fingerprint density at radius 2 is 1.91 bits per heavy atom. The fourth-order valence-electron chi connectivity index (χ4n) is 0.728. The number of hydrogen-bond donors (Lipinski definition) is 1. The van der Waals surface area contributed by atoms with Crippen LogP contribution in [0.25, 0.3) is 0 Å². The van der Waals surface area contributed by atoms with Gasteiger partial charge in [-0.1, -0.05) is 15.9 Å². The van der Waals surface area contributed by atoms with Gasteiger partial charge in [0.05, 0.1) is 0 Å². The van der Waals surface area contributed by atoms with Crippen molar-refractivity contribution in [3.05, 3.63) is 28.7 Å². The summed E-state index contributed by atoms with van der Waals surface area (Å²) in [6.07, 6.45) is -0.254. The Morgan fingerprint density at radius 3 is 2.36 bits per heavy atom. The van der Waals surface area contributed by atoms with Crippen molar-refractivity contribution in [2.45, 2.75) is 13.2 Å². The van der Waals surface area contributed by atoms with Gasteiger partial charge in [-0.2, -0.15) is 0 Å². The van der Waals surface area contributed by atoms with Gasteiger partial charge in [0.15, 0.2) is 0 Å². The molecule has 11 heavy (non-hydrogen) atoms. The molecule has 3 heteroatoms. The monoisotopic (exact) mass is 215 g/mol. The molecule has 0 spiro atoms. The summed E-state index contributed by atoms with van der Waals surface area (Å²) < 4.78 is 6.26. The van der Waals surface area contributed by atoms with Gasteiger partial charge < -0.3 is 4.74 Å². The molecule has 1 aromatic rings.